The molecule has 1 aliphatic rings. The number of halogens is 2. The summed E-state index contributed by atoms with van der Waals surface area (Å²) >= 11 is 13.5. The number of thioether (sulfide) groups is 1. The first kappa shape index (κ1) is 16.4. The van der Waals surface area contributed by atoms with E-state index in [-0.39, 0.29) is 18.2 Å². The molecule has 0 radical (unpaired) electrons. The Hall–Kier alpha value is -1.50. The van der Waals surface area contributed by atoms with Crippen LogP contribution in [0.1, 0.15) is 22.6 Å². The highest BCUT2D eigenvalue weighted by atomic mass is 35.5. The van der Waals surface area contributed by atoms with Gasteiger partial charge in [-0.25, -0.2) is 4.68 Å². The molecule has 0 fully saturated rings. The lowest BCUT2D eigenvalue weighted by molar-refractivity contribution is -0.115. The molecule has 1 aromatic carbocycles. The Kier molecular flexibility index (Phi) is 4.40. The third-order valence-electron chi connectivity index (χ3n) is 3.47. The first-order valence-electron chi connectivity index (χ1n) is 6.89. The van der Waals surface area contributed by atoms with E-state index in [1.807, 2.05) is 13.0 Å². The van der Waals surface area contributed by atoms with Crippen molar-refractivity contribution in [3.63, 3.8) is 0 Å². The average Bonchev–Trinajstić information content (AvgIpc) is 2.83. The van der Waals surface area contributed by atoms with Gasteiger partial charge < -0.3 is 5.32 Å². The second-order valence-electron chi connectivity index (χ2n) is 5.27. The van der Waals surface area contributed by atoms with Crippen molar-refractivity contribution < 1.29 is 9.59 Å². The third kappa shape index (κ3) is 3.11. The number of aromatic nitrogens is 2. The fraction of sp³-hybridized carbons (Fsp3) is 0.267. The maximum Gasteiger partial charge on any atom is 0.248 e. The summed E-state index contributed by atoms with van der Waals surface area (Å²) in [7, 11) is 0. The first-order valence-corrected chi connectivity index (χ1v) is 8.52. The van der Waals surface area contributed by atoms with Crippen molar-refractivity contribution in [1.29, 1.82) is 0 Å². The summed E-state index contributed by atoms with van der Waals surface area (Å²) in [5.41, 5.74) is 2.01. The van der Waals surface area contributed by atoms with Crippen molar-refractivity contribution in [2.75, 3.05) is 5.32 Å². The van der Waals surface area contributed by atoms with Gasteiger partial charge in [0.1, 0.15) is 0 Å². The van der Waals surface area contributed by atoms with Crippen LogP contribution in [0.4, 0.5) is 5.69 Å². The zero-order valence-electron chi connectivity index (χ0n) is 12.4. The minimum Gasteiger partial charge on any atom is -0.323 e. The molecular formula is C15H13Cl2N3O2S. The molecule has 2 aromatic rings. The number of amides is 1. The van der Waals surface area contributed by atoms with Gasteiger partial charge in [-0.3, -0.25) is 9.59 Å². The number of benzene rings is 1. The van der Waals surface area contributed by atoms with Gasteiger partial charge in [0.05, 0.1) is 38.0 Å². The van der Waals surface area contributed by atoms with E-state index in [1.54, 1.807) is 19.1 Å². The highest BCUT2D eigenvalue weighted by Gasteiger charge is 2.32. The topological polar surface area (TPSA) is 64.0 Å². The van der Waals surface area contributed by atoms with Crippen molar-refractivity contribution in [3.8, 4) is 0 Å². The molecule has 0 aliphatic carbocycles. The van der Waals surface area contributed by atoms with Crippen LogP contribution in [-0.2, 0) is 4.79 Å². The molecule has 1 aliphatic heterocycles. The number of carbonyl (C=O) groups excluding carboxylic acids is 2. The third-order valence-corrected chi connectivity index (χ3v) is 5.53. The lowest BCUT2D eigenvalue weighted by Crippen LogP contribution is -2.33. The van der Waals surface area contributed by atoms with Crippen LogP contribution in [0.3, 0.4) is 0 Å². The van der Waals surface area contributed by atoms with Gasteiger partial charge in [0.15, 0.2) is 0 Å². The second-order valence-corrected chi connectivity index (χ2v) is 7.29. The van der Waals surface area contributed by atoms with Crippen molar-refractivity contribution in [3.05, 3.63) is 39.6 Å². The normalized spacial score (nSPS) is 16.9. The van der Waals surface area contributed by atoms with E-state index in [1.165, 1.54) is 16.4 Å². The van der Waals surface area contributed by atoms with Crippen LogP contribution < -0.4 is 5.32 Å². The van der Waals surface area contributed by atoms with Crippen molar-refractivity contribution in [1.82, 2.24) is 9.78 Å². The van der Waals surface area contributed by atoms with Crippen molar-refractivity contribution in [2.24, 2.45) is 0 Å². The van der Waals surface area contributed by atoms with Gasteiger partial charge in [-0.05, 0) is 32.0 Å². The van der Waals surface area contributed by atoms with Gasteiger partial charge in [-0.2, -0.15) is 5.10 Å². The molecule has 2 heterocycles. The summed E-state index contributed by atoms with van der Waals surface area (Å²) in [4.78, 5) is 25.4. The van der Waals surface area contributed by atoms with Gasteiger partial charge in [-0.1, -0.05) is 23.2 Å². The SMILES string of the molecule is Cc1cc(C)n(C(=O)CC2Sc3c(Cl)ccc(Cl)c3NC2=O)n1. The molecule has 1 amide bonds. The van der Waals surface area contributed by atoms with Crippen molar-refractivity contribution >= 4 is 52.5 Å². The van der Waals surface area contributed by atoms with Crippen molar-refractivity contribution in [2.45, 2.75) is 30.4 Å². The quantitative estimate of drug-likeness (QED) is 0.870. The van der Waals surface area contributed by atoms with Crippen LogP contribution in [0.2, 0.25) is 10.0 Å². The number of hydrogen-bond acceptors (Lipinski definition) is 4. The molecule has 120 valence electrons. The number of fused-ring (bicyclic) bond motifs is 1. The highest BCUT2D eigenvalue weighted by Crippen LogP contribution is 2.45. The predicted molar refractivity (Wildman–Crippen MR) is 91.7 cm³/mol. The molecule has 3 rings (SSSR count). The molecule has 8 heteroatoms. The van der Waals surface area contributed by atoms with Gasteiger partial charge >= 0.3 is 0 Å². The van der Waals surface area contributed by atoms with Gasteiger partial charge in [0, 0.05) is 5.69 Å². The van der Waals surface area contributed by atoms with E-state index >= 15 is 0 Å². The molecule has 1 aromatic heterocycles. The summed E-state index contributed by atoms with van der Waals surface area (Å²) in [6, 6.07) is 5.12. The minimum absolute atomic E-state index is 0.0285. The van der Waals surface area contributed by atoms with E-state index in [9.17, 15) is 9.59 Å². The standard InChI is InChI=1S/C15H13Cl2N3O2S/c1-7-5-8(2)20(19-7)12(21)6-11-15(22)18-13-9(16)3-4-10(17)14(13)23-11/h3-5,11H,6H2,1-2H3,(H,18,22). The number of carbonyl (C=O) groups is 2. The molecule has 23 heavy (non-hydrogen) atoms. The molecule has 0 bridgehead atoms. The van der Waals surface area contributed by atoms with E-state index in [0.717, 1.165) is 11.4 Å². The summed E-state index contributed by atoms with van der Waals surface area (Å²) in [6.45, 7) is 3.62. The number of nitrogens with one attached hydrogen (secondary N) is 1. The van der Waals surface area contributed by atoms with Crippen LogP contribution >= 0.6 is 35.0 Å². The van der Waals surface area contributed by atoms with Crippen LogP contribution in [-0.4, -0.2) is 26.8 Å². The summed E-state index contributed by atoms with van der Waals surface area (Å²) in [5.74, 6) is -0.494. The van der Waals surface area contributed by atoms with Crippen LogP contribution in [0.25, 0.3) is 0 Å². The molecular weight excluding hydrogens is 357 g/mol. The Bertz CT molecular complexity index is 819. The lowest BCUT2D eigenvalue weighted by atomic mass is 10.2. The van der Waals surface area contributed by atoms with Gasteiger partial charge in [0.2, 0.25) is 11.8 Å². The molecule has 1 atom stereocenters. The molecule has 0 spiro atoms. The number of nitrogens with zero attached hydrogens (tertiary/aromatic N) is 2. The second kappa shape index (κ2) is 6.19. The minimum atomic E-state index is -0.574. The van der Waals surface area contributed by atoms with E-state index in [4.69, 9.17) is 23.2 Å². The predicted octanol–water partition coefficient (Wildman–Crippen LogP) is 3.95. The van der Waals surface area contributed by atoms with E-state index in [0.29, 0.717) is 20.6 Å². The fourth-order valence-electron chi connectivity index (χ4n) is 2.43. The van der Waals surface area contributed by atoms with E-state index < -0.39 is 5.25 Å². The summed E-state index contributed by atoms with van der Waals surface area (Å²) in [5, 5.41) is 7.24. The maximum atomic E-state index is 12.4. The molecule has 0 saturated carbocycles. The number of rotatable bonds is 2. The number of anilines is 1. The largest absolute Gasteiger partial charge is 0.323 e. The number of hydrogen-bond donors (Lipinski definition) is 1. The Balaban J connectivity index is 1.84. The Labute approximate surface area is 147 Å². The average molecular weight is 370 g/mol. The summed E-state index contributed by atoms with van der Waals surface area (Å²) < 4.78 is 1.33. The molecule has 0 saturated heterocycles. The fourth-order valence-corrected chi connectivity index (χ4v) is 4.11. The first-order chi connectivity index (χ1) is 10.9. The zero-order chi connectivity index (χ0) is 16.7. The van der Waals surface area contributed by atoms with Gasteiger partial charge in [0.25, 0.3) is 0 Å². The Morgan fingerprint density at radius 1 is 1.35 bits per heavy atom. The summed E-state index contributed by atoms with van der Waals surface area (Å²) in [6.07, 6.45) is 0.0285. The lowest BCUT2D eigenvalue weighted by Gasteiger charge is -2.25. The number of aryl methyl sites for hydroxylation is 2. The monoisotopic (exact) mass is 369 g/mol. The molecule has 5 nitrogen and oxygen atoms in total. The smallest absolute Gasteiger partial charge is 0.248 e. The molecule has 1 N–H and O–H groups in total. The Morgan fingerprint density at radius 2 is 2.04 bits per heavy atom. The van der Waals surface area contributed by atoms with Crippen LogP contribution in [0.5, 0.6) is 0 Å². The van der Waals surface area contributed by atoms with Crippen LogP contribution in [0.15, 0.2) is 23.1 Å². The zero-order valence-corrected chi connectivity index (χ0v) is 14.7. The van der Waals surface area contributed by atoms with Crippen LogP contribution in [0, 0.1) is 13.8 Å². The highest BCUT2D eigenvalue weighted by molar-refractivity contribution is 8.01. The maximum absolute atomic E-state index is 12.4. The van der Waals surface area contributed by atoms with E-state index in [2.05, 4.69) is 10.4 Å². The molecule has 1 unspecified atom stereocenters. The Morgan fingerprint density at radius 3 is 2.70 bits per heavy atom. The van der Waals surface area contributed by atoms with Gasteiger partial charge in [-0.15, -0.1) is 11.8 Å².